The van der Waals surface area contributed by atoms with Crippen molar-refractivity contribution in [2.45, 2.75) is 0 Å². The van der Waals surface area contributed by atoms with Gasteiger partial charge in [-0.05, 0) is 24.3 Å². The molecule has 0 fully saturated rings. The van der Waals surface area contributed by atoms with Gasteiger partial charge in [-0.3, -0.25) is 4.79 Å². The highest BCUT2D eigenvalue weighted by Gasteiger charge is 1.92. The minimum atomic E-state index is 0.311. The quantitative estimate of drug-likeness (QED) is 0.420. The van der Waals surface area contributed by atoms with Gasteiger partial charge in [0.25, 0.3) is 0 Å². The Hall–Kier alpha value is -1.39. The lowest BCUT2D eigenvalue weighted by atomic mass is 10.2. The molecule has 0 atom stereocenters. The van der Waals surface area contributed by atoms with Gasteiger partial charge < -0.3 is 14.8 Å². The van der Waals surface area contributed by atoms with Crippen molar-refractivity contribution in [2.75, 3.05) is 32.4 Å². The van der Waals surface area contributed by atoms with Crippen molar-refractivity contribution in [1.82, 2.24) is 0 Å². The number of nitrogens with one attached hydrogen (secondary N) is 1. The van der Waals surface area contributed by atoms with E-state index in [0.717, 1.165) is 12.0 Å². The first-order valence-corrected chi connectivity index (χ1v) is 4.72. The number of anilines is 1. The average molecular weight is 209 g/mol. The molecule has 1 N–H and O–H groups in total. The summed E-state index contributed by atoms with van der Waals surface area (Å²) in [6, 6.07) is 7.26. The fourth-order valence-electron chi connectivity index (χ4n) is 1.09. The molecule has 0 amide bonds. The normalized spacial score (nSPS) is 9.93. The van der Waals surface area contributed by atoms with E-state index in [0.29, 0.717) is 25.5 Å². The molecule has 0 aliphatic carbocycles. The molecular weight excluding hydrogens is 194 g/mol. The summed E-state index contributed by atoms with van der Waals surface area (Å²) in [7, 11) is 1.59. The van der Waals surface area contributed by atoms with Crippen LogP contribution in [0.2, 0.25) is 0 Å². The zero-order valence-corrected chi connectivity index (χ0v) is 8.73. The van der Waals surface area contributed by atoms with Crippen LogP contribution in [0.4, 0.5) is 5.69 Å². The summed E-state index contributed by atoms with van der Waals surface area (Å²) >= 11 is 0. The molecule has 1 aromatic rings. The Morgan fingerprint density at radius 2 is 2.07 bits per heavy atom. The third kappa shape index (κ3) is 4.58. The Kier molecular flexibility index (Phi) is 5.43. The van der Waals surface area contributed by atoms with Gasteiger partial charge in [0.05, 0.1) is 6.61 Å². The summed E-state index contributed by atoms with van der Waals surface area (Å²) in [6.07, 6.45) is 0.825. The van der Waals surface area contributed by atoms with Crippen molar-refractivity contribution >= 4 is 12.0 Å². The second kappa shape index (κ2) is 6.98. The van der Waals surface area contributed by atoms with Crippen molar-refractivity contribution < 1.29 is 14.3 Å². The Morgan fingerprint density at radius 3 is 2.67 bits per heavy atom. The number of ether oxygens (including phenoxy) is 2. The Labute approximate surface area is 89.2 Å². The number of benzene rings is 1. The lowest BCUT2D eigenvalue weighted by molar-refractivity contribution is -0.0262. The molecule has 0 heterocycles. The van der Waals surface area contributed by atoms with E-state index in [-0.39, 0.29) is 0 Å². The predicted molar refractivity (Wildman–Crippen MR) is 58.1 cm³/mol. The minimum absolute atomic E-state index is 0.311. The lowest BCUT2D eigenvalue weighted by Gasteiger charge is -2.06. The minimum Gasteiger partial charge on any atom is -0.383 e. The summed E-state index contributed by atoms with van der Waals surface area (Å²) in [4.78, 5) is 10.4. The second-order valence-electron chi connectivity index (χ2n) is 2.98. The maximum Gasteiger partial charge on any atom is 0.150 e. The van der Waals surface area contributed by atoms with E-state index in [9.17, 15) is 4.79 Å². The SMILES string of the molecule is COCOCCNc1ccc(C=O)cc1. The van der Waals surface area contributed by atoms with Crippen LogP contribution in [0.25, 0.3) is 0 Å². The Bertz CT molecular complexity index is 284. The molecule has 1 aromatic carbocycles. The van der Waals surface area contributed by atoms with Gasteiger partial charge in [0.1, 0.15) is 13.1 Å². The summed E-state index contributed by atoms with van der Waals surface area (Å²) in [5.74, 6) is 0. The highest BCUT2D eigenvalue weighted by Crippen LogP contribution is 2.07. The third-order valence-electron chi connectivity index (χ3n) is 1.82. The number of hydrogen-bond acceptors (Lipinski definition) is 4. The van der Waals surface area contributed by atoms with Crippen LogP contribution in [0, 0.1) is 0 Å². The molecule has 4 heteroatoms. The summed E-state index contributed by atoms with van der Waals surface area (Å²) in [6.45, 7) is 1.61. The third-order valence-corrected chi connectivity index (χ3v) is 1.82. The van der Waals surface area contributed by atoms with Crippen LogP contribution in [-0.4, -0.2) is 33.3 Å². The Balaban J connectivity index is 2.22. The van der Waals surface area contributed by atoms with Gasteiger partial charge in [0, 0.05) is 24.9 Å². The van der Waals surface area contributed by atoms with Crippen LogP contribution in [0.3, 0.4) is 0 Å². The molecule has 0 aromatic heterocycles. The number of aldehydes is 1. The topological polar surface area (TPSA) is 47.6 Å². The van der Waals surface area contributed by atoms with E-state index in [1.54, 1.807) is 19.2 Å². The van der Waals surface area contributed by atoms with Gasteiger partial charge in [0.2, 0.25) is 0 Å². The lowest BCUT2D eigenvalue weighted by Crippen LogP contribution is -2.10. The molecule has 4 nitrogen and oxygen atoms in total. The molecule has 0 saturated heterocycles. The Morgan fingerprint density at radius 1 is 1.33 bits per heavy atom. The van der Waals surface area contributed by atoms with Crippen molar-refractivity contribution in [3.63, 3.8) is 0 Å². The zero-order chi connectivity index (χ0) is 10.9. The maximum absolute atomic E-state index is 10.4. The molecule has 15 heavy (non-hydrogen) atoms. The highest BCUT2D eigenvalue weighted by molar-refractivity contribution is 5.75. The maximum atomic E-state index is 10.4. The molecule has 0 bridgehead atoms. The molecule has 0 spiro atoms. The first-order chi connectivity index (χ1) is 7.36. The van der Waals surface area contributed by atoms with Crippen molar-refractivity contribution in [1.29, 1.82) is 0 Å². The van der Waals surface area contributed by atoms with E-state index in [1.807, 2.05) is 12.1 Å². The predicted octanol–water partition coefficient (Wildman–Crippen LogP) is 1.53. The molecule has 82 valence electrons. The zero-order valence-electron chi connectivity index (χ0n) is 8.73. The van der Waals surface area contributed by atoms with Crippen LogP contribution in [-0.2, 0) is 9.47 Å². The molecule has 0 aliphatic rings. The molecule has 0 radical (unpaired) electrons. The number of methoxy groups -OCH3 is 1. The number of carbonyl (C=O) groups is 1. The second-order valence-corrected chi connectivity index (χ2v) is 2.98. The fourth-order valence-corrected chi connectivity index (χ4v) is 1.09. The molecular formula is C11H15NO3. The number of carbonyl (C=O) groups excluding carboxylic acids is 1. The van der Waals surface area contributed by atoms with Crippen molar-refractivity contribution in [2.24, 2.45) is 0 Å². The monoisotopic (exact) mass is 209 g/mol. The van der Waals surface area contributed by atoms with Gasteiger partial charge in [0.15, 0.2) is 0 Å². The largest absolute Gasteiger partial charge is 0.383 e. The van der Waals surface area contributed by atoms with Crippen LogP contribution in [0.1, 0.15) is 10.4 Å². The molecule has 0 aliphatic heterocycles. The van der Waals surface area contributed by atoms with Crippen LogP contribution in [0.15, 0.2) is 24.3 Å². The van der Waals surface area contributed by atoms with Gasteiger partial charge in [-0.1, -0.05) is 0 Å². The highest BCUT2D eigenvalue weighted by atomic mass is 16.7. The van der Waals surface area contributed by atoms with E-state index in [2.05, 4.69) is 5.32 Å². The summed E-state index contributed by atoms with van der Waals surface area (Å²) < 4.78 is 9.84. The fraction of sp³-hybridized carbons (Fsp3) is 0.364. The van der Waals surface area contributed by atoms with Gasteiger partial charge in [-0.2, -0.15) is 0 Å². The average Bonchev–Trinajstić information content (AvgIpc) is 2.30. The van der Waals surface area contributed by atoms with E-state index < -0.39 is 0 Å². The van der Waals surface area contributed by atoms with E-state index in [4.69, 9.17) is 9.47 Å². The van der Waals surface area contributed by atoms with Gasteiger partial charge in [-0.25, -0.2) is 0 Å². The summed E-state index contributed by atoms with van der Waals surface area (Å²) in [5.41, 5.74) is 1.65. The van der Waals surface area contributed by atoms with E-state index >= 15 is 0 Å². The van der Waals surface area contributed by atoms with Gasteiger partial charge in [-0.15, -0.1) is 0 Å². The van der Waals surface area contributed by atoms with Gasteiger partial charge >= 0.3 is 0 Å². The van der Waals surface area contributed by atoms with Crippen molar-refractivity contribution in [3.8, 4) is 0 Å². The molecule has 1 rings (SSSR count). The van der Waals surface area contributed by atoms with Crippen LogP contribution < -0.4 is 5.32 Å². The number of rotatable bonds is 7. The first kappa shape index (κ1) is 11.7. The smallest absolute Gasteiger partial charge is 0.150 e. The summed E-state index contributed by atoms with van der Waals surface area (Å²) in [5, 5.41) is 3.16. The standard InChI is InChI=1S/C11H15NO3/c1-14-9-15-7-6-12-11-4-2-10(8-13)3-5-11/h2-5,8,12H,6-7,9H2,1H3. The van der Waals surface area contributed by atoms with Crippen molar-refractivity contribution in [3.05, 3.63) is 29.8 Å². The first-order valence-electron chi connectivity index (χ1n) is 4.72. The molecule has 0 unspecified atom stereocenters. The van der Waals surface area contributed by atoms with Crippen LogP contribution in [0.5, 0.6) is 0 Å². The van der Waals surface area contributed by atoms with Crippen LogP contribution >= 0.6 is 0 Å². The molecule has 0 saturated carbocycles. The van der Waals surface area contributed by atoms with E-state index in [1.165, 1.54) is 0 Å². The number of hydrogen-bond donors (Lipinski definition) is 1.